The van der Waals surface area contributed by atoms with Crippen molar-refractivity contribution in [2.45, 2.75) is 6.92 Å². The molecule has 1 rings (SSSR count). The second-order valence-corrected chi connectivity index (χ2v) is 2.50. The molecule has 0 aromatic carbocycles. The van der Waals surface area contributed by atoms with Gasteiger partial charge in [-0.15, -0.1) is 0 Å². The van der Waals surface area contributed by atoms with Crippen molar-refractivity contribution in [3.8, 4) is 0 Å². The highest BCUT2D eigenvalue weighted by molar-refractivity contribution is 5.78. The molecule has 0 saturated heterocycles. The van der Waals surface area contributed by atoms with E-state index < -0.39 is 12.5 Å². The number of nitrogens with one attached hydrogen (secondary N) is 2. The standard InChI is InChI=1S/C8H11N3O2/c1-6-3-2-4-9-8(6)11-10-7(13)5-12/h2-4,12H,5H2,1H3,(H,9,11)(H,10,13). The average Bonchev–Trinajstić information content (AvgIpc) is 2.16. The van der Waals surface area contributed by atoms with Crippen molar-refractivity contribution in [2.24, 2.45) is 0 Å². The first-order valence-electron chi connectivity index (χ1n) is 3.81. The molecule has 0 aliphatic rings. The molecule has 70 valence electrons. The molecule has 5 nitrogen and oxygen atoms in total. The van der Waals surface area contributed by atoms with Crippen LogP contribution in [0.2, 0.25) is 0 Å². The Labute approximate surface area is 75.8 Å². The Morgan fingerprint density at radius 2 is 2.46 bits per heavy atom. The van der Waals surface area contributed by atoms with Crippen molar-refractivity contribution >= 4 is 11.7 Å². The van der Waals surface area contributed by atoms with Crippen molar-refractivity contribution in [3.05, 3.63) is 23.9 Å². The SMILES string of the molecule is Cc1cccnc1NNC(=O)CO. The molecule has 1 aromatic rings. The van der Waals surface area contributed by atoms with Crippen LogP contribution in [0.1, 0.15) is 5.56 Å². The second kappa shape index (κ2) is 4.42. The molecular formula is C8H11N3O2. The summed E-state index contributed by atoms with van der Waals surface area (Å²) in [6.45, 7) is 1.32. The number of hydrogen-bond acceptors (Lipinski definition) is 4. The highest BCUT2D eigenvalue weighted by Gasteiger charge is 1.99. The van der Waals surface area contributed by atoms with E-state index in [2.05, 4.69) is 15.8 Å². The van der Waals surface area contributed by atoms with E-state index in [9.17, 15) is 4.79 Å². The predicted octanol–water partition coefficient (Wildman–Crippen LogP) is -0.175. The fourth-order valence-electron chi connectivity index (χ4n) is 0.785. The highest BCUT2D eigenvalue weighted by atomic mass is 16.3. The maximum absolute atomic E-state index is 10.6. The number of hydrazine groups is 1. The van der Waals surface area contributed by atoms with Gasteiger partial charge in [-0.1, -0.05) is 6.07 Å². The lowest BCUT2D eigenvalue weighted by atomic mass is 10.3. The zero-order valence-electron chi connectivity index (χ0n) is 7.24. The van der Waals surface area contributed by atoms with Crippen LogP contribution in [0, 0.1) is 6.92 Å². The Morgan fingerprint density at radius 1 is 1.69 bits per heavy atom. The quantitative estimate of drug-likeness (QED) is 0.566. The lowest BCUT2D eigenvalue weighted by molar-refractivity contribution is -0.123. The number of nitrogens with zero attached hydrogens (tertiary/aromatic N) is 1. The van der Waals surface area contributed by atoms with Gasteiger partial charge in [0.25, 0.3) is 5.91 Å². The fourth-order valence-corrected chi connectivity index (χ4v) is 0.785. The normalized spacial score (nSPS) is 9.38. The largest absolute Gasteiger partial charge is 0.386 e. The Balaban J connectivity index is 2.54. The zero-order valence-corrected chi connectivity index (χ0v) is 7.24. The molecule has 0 bridgehead atoms. The number of hydrogen-bond donors (Lipinski definition) is 3. The third-order valence-electron chi connectivity index (χ3n) is 1.47. The van der Waals surface area contributed by atoms with E-state index in [1.165, 1.54) is 0 Å². The fraction of sp³-hybridized carbons (Fsp3) is 0.250. The molecule has 5 heteroatoms. The number of pyridine rings is 1. The number of rotatable bonds is 3. The van der Waals surface area contributed by atoms with Gasteiger partial charge in [-0.25, -0.2) is 4.98 Å². The van der Waals surface area contributed by atoms with Crippen LogP contribution in [-0.2, 0) is 4.79 Å². The van der Waals surface area contributed by atoms with Crippen molar-refractivity contribution in [1.82, 2.24) is 10.4 Å². The summed E-state index contributed by atoms with van der Waals surface area (Å²) < 4.78 is 0. The molecule has 13 heavy (non-hydrogen) atoms. The van der Waals surface area contributed by atoms with Gasteiger partial charge in [-0.05, 0) is 18.6 Å². The summed E-state index contributed by atoms with van der Waals surface area (Å²) in [6.07, 6.45) is 1.61. The first-order valence-corrected chi connectivity index (χ1v) is 3.81. The minimum atomic E-state index is -0.543. The number of amides is 1. The van der Waals surface area contributed by atoms with Crippen LogP contribution in [0.25, 0.3) is 0 Å². The molecule has 0 unspecified atom stereocenters. The van der Waals surface area contributed by atoms with Crippen LogP contribution >= 0.6 is 0 Å². The van der Waals surface area contributed by atoms with Gasteiger partial charge >= 0.3 is 0 Å². The van der Waals surface area contributed by atoms with Gasteiger partial charge in [0.1, 0.15) is 12.4 Å². The Kier molecular flexibility index (Phi) is 3.22. The van der Waals surface area contributed by atoms with Crippen LogP contribution < -0.4 is 10.9 Å². The Bertz CT molecular complexity index is 301. The predicted molar refractivity (Wildman–Crippen MR) is 47.8 cm³/mol. The highest BCUT2D eigenvalue weighted by Crippen LogP contribution is 2.06. The third kappa shape index (κ3) is 2.72. The molecular weight excluding hydrogens is 170 g/mol. The van der Waals surface area contributed by atoms with E-state index in [1.807, 2.05) is 13.0 Å². The Hall–Kier alpha value is -1.62. The smallest absolute Gasteiger partial charge is 0.264 e. The monoisotopic (exact) mass is 181 g/mol. The van der Waals surface area contributed by atoms with Gasteiger partial charge in [0.15, 0.2) is 0 Å². The van der Waals surface area contributed by atoms with Crippen LogP contribution in [-0.4, -0.2) is 22.6 Å². The molecule has 0 spiro atoms. The summed E-state index contributed by atoms with van der Waals surface area (Å²) in [5.74, 6) is 0.0781. The molecule has 1 amide bonds. The van der Waals surface area contributed by atoms with E-state index in [-0.39, 0.29) is 0 Å². The van der Waals surface area contributed by atoms with Gasteiger partial charge in [0.2, 0.25) is 0 Å². The number of anilines is 1. The van der Waals surface area contributed by atoms with E-state index >= 15 is 0 Å². The summed E-state index contributed by atoms with van der Waals surface area (Å²) in [6, 6.07) is 3.66. The molecule has 1 heterocycles. The summed E-state index contributed by atoms with van der Waals surface area (Å²) >= 11 is 0. The topological polar surface area (TPSA) is 74.2 Å². The van der Waals surface area contributed by atoms with Gasteiger partial charge < -0.3 is 5.11 Å². The lowest BCUT2D eigenvalue weighted by Gasteiger charge is -2.07. The maximum Gasteiger partial charge on any atom is 0.264 e. The molecule has 3 N–H and O–H groups in total. The van der Waals surface area contributed by atoms with Crippen LogP contribution in [0.3, 0.4) is 0 Å². The average molecular weight is 181 g/mol. The summed E-state index contributed by atoms with van der Waals surface area (Å²) in [5.41, 5.74) is 5.80. The maximum atomic E-state index is 10.6. The molecule has 0 atom stereocenters. The third-order valence-corrected chi connectivity index (χ3v) is 1.47. The Morgan fingerprint density at radius 3 is 3.08 bits per heavy atom. The number of aromatic nitrogens is 1. The molecule has 1 aromatic heterocycles. The first-order chi connectivity index (χ1) is 6.24. The number of carbonyl (C=O) groups excluding carboxylic acids is 1. The van der Waals surface area contributed by atoms with E-state index in [4.69, 9.17) is 5.11 Å². The molecule has 0 radical (unpaired) electrons. The van der Waals surface area contributed by atoms with Gasteiger partial charge in [0, 0.05) is 6.20 Å². The van der Waals surface area contributed by atoms with Gasteiger partial charge in [-0.2, -0.15) is 0 Å². The van der Waals surface area contributed by atoms with Gasteiger partial charge in [0.05, 0.1) is 0 Å². The van der Waals surface area contributed by atoms with Crippen molar-refractivity contribution in [3.63, 3.8) is 0 Å². The van der Waals surface area contributed by atoms with Crippen molar-refractivity contribution in [1.29, 1.82) is 0 Å². The molecule has 0 aliphatic carbocycles. The van der Waals surface area contributed by atoms with E-state index in [0.29, 0.717) is 5.82 Å². The van der Waals surface area contributed by atoms with E-state index in [0.717, 1.165) is 5.56 Å². The lowest BCUT2D eigenvalue weighted by Crippen LogP contribution is -2.32. The molecule has 0 saturated carbocycles. The van der Waals surface area contributed by atoms with Crippen LogP contribution in [0.15, 0.2) is 18.3 Å². The summed E-state index contributed by atoms with van der Waals surface area (Å²) in [5, 5.41) is 8.41. The first kappa shape index (κ1) is 9.47. The van der Waals surface area contributed by atoms with Crippen LogP contribution in [0.4, 0.5) is 5.82 Å². The van der Waals surface area contributed by atoms with Crippen molar-refractivity contribution in [2.75, 3.05) is 12.0 Å². The number of aryl methyl sites for hydroxylation is 1. The summed E-state index contributed by atoms with van der Waals surface area (Å²) in [7, 11) is 0. The number of aliphatic hydroxyl groups is 1. The molecule has 0 fully saturated rings. The minimum absolute atomic E-state index is 0.495. The summed E-state index contributed by atoms with van der Waals surface area (Å²) in [4.78, 5) is 14.6. The van der Waals surface area contributed by atoms with Crippen LogP contribution in [0.5, 0.6) is 0 Å². The zero-order chi connectivity index (χ0) is 9.68. The van der Waals surface area contributed by atoms with Crippen molar-refractivity contribution < 1.29 is 9.90 Å². The number of aliphatic hydroxyl groups excluding tert-OH is 1. The molecule has 0 aliphatic heterocycles. The second-order valence-electron chi connectivity index (χ2n) is 2.50. The van der Waals surface area contributed by atoms with Gasteiger partial charge in [-0.3, -0.25) is 15.6 Å². The minimum Gasteiger partial charge on any atom is -0.386 e. The number of carbonyl (C=O) groups is 1. The van der Waals surface area contributed by atoms with E-state index in [1.54, 1.807) is 12.3 Å².